The number of hydrogen-bond acceptors (Lipinski definition) is 1. The molecule has 15 heavy (non-hydrogen) atoms. The van der Waals surface area contributed by atoms with E-state index in [1.807, 2.05) is 0 Å². The smallest absolute Gasteiger partial charge is 0.0101 e. The quantitative estimate of drug-likeness (QED) is 0.737. The van der Waals surface area contributed by atoms with Crippen molar-refractivity contribution in [1.82, 2.24) is 0 Å². The molecule has 2 rings (SSSR count). The lowest BCUT2D eigenvalue weighted by atomic mass is 9.71. The van der Waals surface area contributed by atoms with Crippen LogP contribution in [0.3, 0.4) is 0 Å². The molecule has 0 aromatic carbocycles. The zero-order chi connectivity index (χ0) is 10.9. The lowest BCUT2D eigenvalue weighted by Gasteiger charge is -2.38. The standard InChI is InChI=1S/C14H27N/c1-14(2)10-6-9-12(14)13(15)11-7-4-3-5-8-11/h11-13H,3-10,15H2,1-2H3. The van der Waals surface area contributed by atoms with Crippen LogP contribution < -0.4 is 5.73 Å². The van der Waals surface area contributed by atoms with Crippen molar-refractivity contribution in [2.75, 3.05) is 0 Å². The van der Waals surface area contributed by atoms with Crippen molar-refractivity contribution >= 4 is 0 Å². The van der Waals surface area contributed by atoms with Crippen molar-refractivity contribution in [3.05, 3.63) is 0 Å². The molecule has 0 radical (unpaired) electrons. The fourth-order valence-electron chi connectivity index (χ4n) is 3.91. The maximum Gasteiger partial charge on any atom is 0.0101 e. The molecule has 0 aliphatic heterocycles. The van der Waals surface area contributed by atoms with Crippen LogP contribution in [0.2, 0.25) is 0 Å². The van der Waals surface area contributed by atoms with Gasteiger partial charge in [0.1, 0.15) is 0 Å². The third kappa shape index (κ3) is 2.38. The predicted octanol–water partition coefficient (Wildman–Crippen LogP) is 3.72. The molecule has 2 atom stereocenters. The molecule has 2 aliphatic rings. The Balaban J connectivity index is 1.96. The molecule has 0 saturated heterocycles. The molecule has 0 aromatic heterocycles. The monoisotopic (exact) mass is 209 g/mol. The Morgan fingerprint density at radius 2 is 1.67 bits per heavy atom. The molecule has 1 heteroatoms. The Labute approximate surface area is 94.8 Å². The molecule has 1 nitrogen and oxygen atoms in total. The normalized spacial score (nSPS) is 34.2. The SMILES string of the molecule is CC1(C)CCCC1C(N)C1CCCCC1. The van der Waals surface area contributed by atoms with Crippen LogP contribution in [0.4, 0.5) is 0 Å². The summed E-state index contributed by atoms with van der Waals surface area (Å²) in [7, 11) is 0. The molecule has 0 aromatic rings. The van der Waals surface area contributed by atoms with E-state index in [2.05, 4.69) is 13.8 Å². The average Bonchev–Trinajstić information content (AvgIpc) is 2.58. The van der Waals surface area contributed by atoms with Crippen molar-refractivity contribution in [3.63, 3.8) is 0 Å². The van der Waals surface area contributed by atoms with Crippen LogP contribution >= 0.6 is 0 Å². The highest BCUT2D eigenvalue weighted by Gasteiger charge is 2.40. The molecular weight excluding hydrogens is 182 g/mol. The van der Waals surface area contributed by atoms with Gasteiger partial charge in [-0.1, -0.05) is 39.5 Å². The summed E-state index contributed by atoms with van der Waals surface area (Å²) in [4.78, 5) is 0. The Bertz CT molecular complexity index is 203. The first-order valence-electron chi connectivity index (χ1n) is 6.87. The zero-order valence-electron chi connectivity index (χ0n) is 10.5. The van der Waals surface area contributed by atoms with Crippen LogP contribution in [0.5, 0.6) is 0 Å². The van der Waals surface area contributed by atoms with Gasteiger partial charge in [-0.15, -0.1) is 0 Å². The van der Waals surface area contributed by atoms with Crippen LogP contribution in [0.25, 0.3) is 0 Å². The number of rotatable bonds is 2. The second kappa shape index (κ2) is 4.45. The topological polar surface area (TPSA) is 26.0 Å². The van der Waals surface area contributed by atoms with E-state index in [1.165, 1.54) is 51.4 Å². The number of nitrogens with two attached hydrogens (primary N) is 1. The Kier molecular flexibility index (Phi) is 3.39. The molecule has 0 amide bonds. The van der Waals surface area contributed by atoms with Crippen LogP contribution in [0.1, 0.15) is 65.2 Å². The zero-order valence-corrected chi connectivity index (χ0v) is 10.5. The van der Waals surface area contributed by atoms with Crippen LogP contribution in [0.15, 0.2) is 0 Å². The maximum absolute atomic E-state index is 6.53. The van der Waals surface area contributed by atoms with Gasteiger partial charge in [0.2, 0.25) is 0 Å². The van der Waals surface area contributed by atoms with Gasteiger partial charge in [-0.2, -0.15) is 0 Å². The van der Waals surface area contributed by atoms with Gasteiger partial charge in [0.15, 0.2) is 0 Å². The molecule has 0 bridgehead atoms. The summed E-state index contributed by atoms with van der Waals surface area (Å²) < 4.78 is 0. The van der Waals surface area contributed by atoms with Crippen molar-refractivity contribution in [2.24, 2.45) is 23.0 Å². The summed E-state index contributed by atoms with van der Waals surface area (Å²) in [6, 6.07) is 0.489. The minimum absolute atomic E-state index is 0.489. The van der Waals surface area contributed by atoms with E-state index in [1.54, 1.807) is 0 Å². The molecule has 2 fully saturated rings. The maximum atomic E-state index is 6.53. The highest BCUT2D eigenvalue weighted by molar-refractivity contribution is 4.94. The predicted molar refractivity (Wildman–Crippen MR) is 65.7 cm³/mol. The van der Waals surface area contributed by atoms with Crippen molar-refractivity contribution < 1.29 is 0 Å². The number of hydrogen-bond donors (Lipinski definition) is 1. The van der Waals surface area contributed by atoms with E-state index in [-0.39, 0.29) is 0 Å². The summed E-state index contributed by atoms with van der Waals surface area (Å²) in [6.07, 6.45) is 11.2. The molecule has 0 spiro atoms. The summed E-state index contributed by atoms with van der Waals surface area (Å²) in [5, 5.41) is 0. The minimum atomic E-state index is 0.489. The third-order valence-corrected chi connectivity index (χ3v) is 5.00. The van der Waals surface area contributed by atoms with Crippen LogP contribution in [-0.4, -0.2) is 6.04 Å². The molecule has 2 aliphatic carbocycles. The van der Waals surface area contributed by atoms with Gasteiger partial charge in [-0.3, -0.25) is 0 Å². The van der Waals surface area contributed by atoms with Crippen molar-refractivity contribution in [3.8, 4) is 0 Å². The third-order valence-electron chi connectivity index (χ3n) is 5.00. The first-order chi connectivity index (χ1) is 7.11. The minimum Gasteiger partial charge on any atom is -0.327 e. The molecule has 0 heterocycles. The average molecular weight is 209 g/mol. The summed E-state index contributed by atoms with van der Waals surface area (Å²) in [5.74, 6) is 1.63. The first kappa shape index (κ1) is 11.4. The molecule has 2 unspecified atom stereocenters. The molecule has 2 N–H and O–H groups in total. The molecular formula is C14H27N. The highest BCUT2D eigenvalue weighted by atomic mass is 14.7. The lowest BCUT2D eigenvalue weighted by Crippen LogP contribution is -2.42. The fourth-order valence-corrected chi connectivity index (χ4v) is 3.91. The van der Waals surface area contributed by atoms with Crippen LogP contribution in [0, 0.1) is 17.3 Å². The summed E-state index contributed by atoms with van der Waals surface area (Å²) >= 11 is 0. The second-order valence-electron chi connectivity index (χ2n) is 6.46. The van der Waals surface area contributed by atoms with E-state index >= 15 is 0 Å². The van der Waals surface area contributed by atoms with E-state index < -0.39 is 0 Å². The summed E-state index contributed by atoms with van der Waals surface area (Å²) in [5.41, 5.74) is 7.04. The highest BCUT2D eigenvalue weighted by Crippen LogP contribution is 2.46. The van der Waals surface area contributed by atoms with Gasteiger partial charge in [0.05, 0.1) is 0 Å². The van der Waals surface area contributed by atoms with E-state index in [0.29, 0.717) is 11.5 Å². The van der Waals surface area contributed by atoms with E-state index in [0.717, 1.165) is 11.8 Å². The molecule has 88 valence electrons. The van der Waals surface area contributed by atoms with Crippen molar-refractivity contribution in [1.29, 1.82) is 0 Å². The Morgan fingerprint density at radius 1 is 1.00 bits per heavy atom. The van der Waals surface area contributed by atoms with Gasteiger partial charge in [0, 0.05) is 6.04 Å². The lowest BCUT2D eigenvalue weighted by molar-refractivity contribution is 0.158. The van der Waals surface area contributed by atoms with Crippen molar-refractivity contribution in [2.45, 2.75) is 71.3 Å². The Hall–Kier alpha value is -0.0400. The Morgan fingerprint density at radius 3 is 2.20 bits per heavy atom. The second-order valence-corrected chi connectivity index (χ2v) is 6.46. The van der Waals surface area contributed by atoms with Gasteiger partial charge in [-0.25, -0.2) is 0 Å². The van der Waals surface area contributed by atoms with Gasteiger partial charge < -0.3 is 5.73 Å². The fraction of sp³-hybridized carbons (Fsp3) is 1.00. The van der Waals surface area contributed by atoms with Gasteiger partial charge in [0.25, 0.3) is 0 Å². The van der Waals surface area contributed by atoms with E-state index in [4.69, 9.17) is 5.73 Å². The van der Waals surface area contributed by atoms with E-state index in [9.17, 15) is 0 Å². The molecule has 2 saturated carbocycles. The first-order valence-corrected chi connectivity index (χ1v) is 6.87. The largest absolute Gasteiger partial charge is 0.327 e. The van der Waals surface area contributed by atoms with Gasteiger partial charge >= 0.3 is 0 Å². The summed E-state index contributed by atoms with van der Waals surface area (Å²) in [6.45, 7) is 4.85. The van der Waals surface area contributed by atoms with Gasteiger partial charge in [-0.05, 0) is 42.9 Å². The van der Waals surface area contributed by atoms with Crippen LogP contribution in [-0.2, 0) is 0 Å².